The maximum Gasteiger partial charge on any atom is 0.262 e. The van der Waals surface area contributed by atoms with E-state index in [4.69, 9.17) is 30.5 Å². The fourth-order valence-electron chi connectivity index (χ4n) is 4.13. The number of hydrazine groups is 1. The number of amides is 1. The highest BCUT2D eigenvalue weighted by Gasteiger charge is 2.34. The molecule has 3 N–H and O–H groups in total. The molecule has 0 spiro atoms. The van der Waals surface area contributed by atoms with E-state index in [1.807, 2.05) is 0 Å². The number of ether oxygens (including phenoxy) is 4. The number of nitrogens with one attached hydrogen (secondary N) is 3. The molecule has 0 radical (unpaired) electrons. The largest absolute Gasteiger partial charge is 0.494 e. The van der Waals surface area contributed by atoms with E-state index in [1.165, 1.54) is 40.6 Å². The molecule has 0 bridgehead atoms. The van der Waals surface area contributed by atoms with Crippen LogP contribution in [0.5, 0.6) is 11.5 Å². The van der Waals surface area contributed by atoms with Crippen LogP contribution in [-0.2, 0) is 24.3 Å². The van der Waals surface area contributed by atoms with Crippen LogP contribution >= 0.6 is 11.6 Å². The van der Waals surface area contributed by atoms with Gasteiger partial charge < -0.3 is 24.3 Å². The van der Waals surface area contributed by atoms with Crippen molar-refractivity contribution in [1.82, 2.24) is 20.8 Å². The summed E-state index contributed by atoms with van der Waals surface area (Å²) in [6.45, 7) is 1.41. The summed E-state index contributed by atoms with van der Waals surface area (Å²) in [5.74, 6) is -0.117. The molecule has 1 aliphatic carbocycles. The first-order valence-corrected chi connectivity index (χ1v) is 13.9. The van der Waals surface area contributed by atoms with Gasteiger partial charge in [0.25, 0.3) is 10.0 Å². The quantitative estimate of drug-likeness (QED) is 0.213. The molecule has 1 aromatic heterocycles. The van der Waals surface area contributed by atoms with E-state index >= 15 is 0 Å². The van der Waals surface area contributed by atoms with Gasteiger partial charge >= 0.3 is 0 Å². The van der Waals surface area contributed by atoms with Crippen molar-refractivity contribution in [3.05, 3.63) is 41.4 Å². The minimum Gasteiger partial charge on any atom is -0.494 e. The van der Waals surface area contributed by atoms with E-state index in [0.717, 1.165) is 6.42 Å². The molecule has 0 unspecified atom stereocenters. The zero-order valence-corrected chi connectivity index (χ0v) is 23.9. The van der Waals surface area contributed by atoms with Gasteiger partial charge in [0, 0.05) is 32.5 Å². The van der Waals surface area contributed by atoms with Gasteiger partial charge in [0.05, 0.1) is 25.3 Å². The van der Waals surface area contributed by atoms with Crippen LogP contribution in [0.3, 0.4) is 0 Å². The number of methoxy groups -OCH3 is 4. The van der Waals surface area contributed by atoms with Crippen molar-refractivity contribution in [1.29, 1.82) is 0 Å². The minimum atomic E-state index is -4.30. The number of sulfonamides is 1. The number of hydrogen-bond donors (Lipinski definition) is 3. The molecule has 1 amide bonds. The Morgan fingerprint density at radius 3 is 2.26 bits per heavy atom. The molecule has 0 saturated heterocycles. The monoisotopic (exact) mass is 584 g/mol. The zero-order valence-electron chi connectivity index (χ0n) is 22.3. The van der Waals surface area contributed by atoms with Crippen molar-refractivity contribution >= 4 is 39.2 Å². The number of rotatable bonds is 10. The third kappa shape index (κ3) is 7.68. The maximum absolute atomic E-state index is 13.4. The van der Waals surface area contributed by atoms with E-state index in [9.17, 15) is 13.2 Å². The molecular weight excluding hydrogens is 552 g/mol. The number of carbonyl (C=O) groups is 1. The Kier molecular flexibility index (Phi) is 10.7. The van der Waals surface area contributed by atoms with Gasteiger partial charge in [-0.1, -0.05) is 17.7 Å². The molecule has 4 atom stereocenters. The predicted octanol–water partition coefficient (Wildman–Crippen LogP) is 2.46. The van der Waals surface area contributed by atoms with Crippen LogP contribution in [0.25, 0.3) is 0 Å². The van der Waals surface area contributed by atoms with Gasteiger partial charge in [-0.2, -0.15) is 0 Å². The standard InChI is InChI=1S/C24H33ClN6O7S/c1-14(21(38-5)22-26-12-16(25)13-27-22)39(33,34)31-24(28-20-18(36-3)7-6-8-19(20)37-4)30-29-23(32)15-9-10-17(11-15)35-2/h6-8,12-15,17,21H,9-11H2,1-5H3,(H,29,32)(H2,28,30,31)/t14-,15-,17-,21-/m0/s1. The van der Waals surface area contributed by atoms with Crippen LogP contribution in [0, 0.1) is 5.92 Å². The molecule has 1 saturated carbocycles. The zero-order chi connectivity index (χ0) is 28.6. The third-order valence-electron chi connectivity index (χ3n) is 6.33. The highest BCUT2D eigenvalue weighted by atomic mass is 35.5. The number of guanidine groups is 1. The molecule has 1 fully saturated rings. The second-order valence-corrected chi connectivity index (χ2v) is 11.1. The molecule has 1 heterocycles. The molecule has 2 aromatic rings. The highest BCUT2D eigenvalue weighted by Crippen LogP contribution is 2.34. The second-order valence-electron chi connectivity index (χ2n) is 8.72. The number of halogens is 1. The average Bonchev–Trinajstić information content (AvgIpc) is 3.42. The van der Waals surface area contributed by atoms with Crippen LogP contribution in [0.2, 0.25) is 5.02 Å². The van der Waals surface area contributed by atoms with Gasteiger partial charge in [-0.15, -0.1) is 4.40 Å². The molecule has 0 aliphatic heterocycles. The first kappa shape index (κ1) is 30.3. The summed E-state index contributed by atoms with van der Waals surface area (Å²) in [5, 5.41) is 1.94. The van der Waals surface area contributed by atoms with E-state index in [2.05, 4.69) is 30.5 Å². The number of anilines is 1. The predicted molar refractivity (Wildman–Crippen MR) is 145 cm³/mol. The van der Waals surface area contributed by atoms with Crippen LogP contribution in [0.1, 0.15) is 38.1 Å². The fraction of sp³-hybridized carbons (Fsp3) is 0.500. The van der Waals surface area contributed by atoms with E-state index in [0.29, 0.717) is 29.4 Å². The summed E-state index contributed by atoms with van der Waals surface area (Å²) >= 11 is 5.86. The van der Waals surface area contributed by atoms with Gasteiger partial charge in [-0.05, 0) is 38.3 Å². The number of para-hydroxylation sites is 1. The first-order chi connectivity index (χ1) is 18.6. The number of benzene rings is 1. The van der Waals surface area contributed by atoms with Crippen molar-refractivity contribution in [2.45, 2.75) is 43.6 Å². The molecule has 1 aliphatic rings. The minimum absolute atomic E-state index is 0.00727. The SMILES string of the molecule is COc1cccc(OC)c1N/C(=N/S(=O)(=O)[C@@H](C)[C@H](OC)c1ncc(Cl)cn1)NNC(=O)[C@H]1CC[C@H](OC)C1. The van der Waals surface area contributed by atoms with Crippen LogP contribution in [0.4, 0.5) is 5.69 Å². The normalized spacial score (nSPS) is 19.2. The number of carbonyl (C=O) groups excluding carboxylic acids is 1. The first-order valence-electron chi connectivity index (χ1n) is 12.0. The topological polar surface area (TPSA) is 162 Å². The van der Waals surface area contributed by atoms with Crippen molar-refractivity contribution in [2.75, 3.05) is 33.8 Å². The van der Waals surface area contributed by atoms with Gasteiger partial charge in [0.1, 0.15) is 28.5 Å². The molecular formula is C24H33ClN6O7S. The smallest absolute Gasteiger partial charge is 0.262 e. The fourth-order valence-corrected chi connectivity index (χ4v) is 5.28. The lowest BCUT2D eigenvalue weighted by molar-refractivity contribution is -0.125. The lowest BCUT2D eigenvalue weighted by atomic mass is 10.1. The number of nitrogens with zero attached hydrogens (tertiary/aromatic N) is 3. The Balaban J connectivity index is 1.92. The summed E-state index contributed by atoms with van der Waals surface area (Å²) in [6, 6.07) is 5.01. The average molecular weight is 585 g/mol. The Bertz CT molecular complexity index is 1240. The van der Waals surface area contributed by atoms with Crippen molar-refractivity contribution in [2.24, 2.45) is 10.3 Å². The summed E-state index contributed by atoms with van der Waals surface area (Å²) in [6.07, 6.45) is 3.56. The Morgan fingerprint density at radius 1 is 1.08 bits per heavy atom. The van der Waals surface area contributed by atoms with Crippen LogP contribution in [0.15, 0.2) is 35.0 Å². The van der Waals surface area contributed by atoms with Gasteiger partial charge in [0.2, 0.25) is 11.9 Å². The maximum atomic E-state index is 13.4. The summed E-state index contributed by atoms with van der Waals surface area (Å²) in [5.41, 5.74) is 5.45. The van der Waals surface area contributed by atoms with E-state index in [1.54, 1.807) is 25.3 Å². The second kappa shape index (κ2) is 13.7. The van der Waals surface area contributed by atoms with Crippen LogP contribution in [-0.4, -0.2) is 70.0 Å². The van der Waals surface area contributed by atoms with Crippen molar-refractivity contribution < 1.29 is 32.2 Å². The van der Waals surface area contributed by atoms with Crippen LogP contribution < -0.4 is 25.6 Å². The molecule has 15 heteroatoms. The summed E-state index contributed by atoms with van der Waals surface area (Å²) < 4.78 is 52.4. The Labute approximate surface area is 232 Å². The lowest BCUT2D eigenvalue weighted by Crippen LogP contribution is -2.47. The number of aromatic nitrogens is 2. The third-order valence-corrected chi connectivity index (χ3v) is 8.15. The van der Waals surface area contributed by atoms with E-state index in [-0.39, 0.29) is 35.4 Å². The van der Waals surface area contributed by atoms with Gasteiger partial charge in [-0.25, -0.2) is 18.4 Å². The molecule has 214 valence electrons. The molecule has 39 heavy (non-hydrogen) atoms. The summed E-state index contributed by atoms with van der Waals surface area (Å²) in [4.78, 5) is 21.0. The van der Waals surface area contributed by atoms with Crippen molar-refractivity contribution in [3.8, 4) is 11.5 Å². The Morgan fingerprint density at radius 2 is 1.72 bits per heavy atom. The van der Waals surface area contributed by atoms with Gasteiger partial charge in [-0.3, -0.25) is 15.6 Å². The molecule has 13 nitrogen and oxygen atoms in total. The Hall–Kier alpha value is -3.20. The highest BCUT2D eigenvalue weighted by molar-refractivity contribution is 7.90. The molecule has 3 rings (SSSR count). The van der Waals surface area contributed by atoms with Crippen molar-refractivity contribution in [3.63, 3.8) is 0 Å². The van der Waals surface area contributed by atoms with E-state index < -0.39 is 21.4 Å². The molecule has 1 aromatic carbocycles. The number of hydrogen-bond acceptors (Lipinski definition) is 9. The lowest BCUT2D eigenvalue weighted by Gasteiger charge is -2.21. The summed E-state index contributed by atoms with van der Waals surface area (Å²) in [7, 11) is 1.55. The van der Waals surface area contributed by atoms with Gasteiger partial charge in [0.15, 0.2) is 5.82 Å².